The fourth-order valence-corrected chi connectivity index (χ4v) is 2.47. The minimum Gasteiger partial charge on any atom is -0.461 e. The molecule has 0 radical (unpaired) electrons. The van der Waals surface area contributed by atoms with Crippen LogP contribution in [-0.4, -0.2) is 29.8 Å². The zero-order valence-corrected chi connectivity index (χ0v) is 13.2. The molecule has 1 aliphatic heterocycles. The van der Waals surface area contributed by atoms with E-state index in [1.165, 1.54) is 0 Å². The Kier molecular flexibility index (Phi) is 8.01. The number of ketones is 1. The van der Waals surface area contributed by atoms with Gasteiger partial charge in [-0.1, -0.05) is 39.5 Å². The van der Waals surface area contributed by atoms with E-state index in [4.69, 9.17) is 4.74 Å². The number of carbonyl (C=O) groups is 3. The first-order valence-electron chi connectivity index (χ1n) is 8.08. The highest BCUT2D eigenvalue weighted by molar-refractivity contribution is 5.99. The summed E-state index contributed by atoms with van der Waals surface area (Å²) < 4.78 is 5.22. The first-order chi connectivity index (χ1) is 10.1. The highest BCUT2D eigenvalue weighted by Crippen LogP contribution is 2.20. The van der Waals surface area contributed by atoms with Crippen LogP contribution in [0.3, 0.4) is 0 Å². The lowest BCUT2D eigenvalue weighted by Crippen LogP contribution is -2.38. The van der Waals surface area contributed by atoms with Crippen LogP contribution in [0.5, 0.6) is 0 Å². The molecule has 1 aliphatic rings. The fraction of sp³-hybridized carbons (Fsp3) is 0.812. The third kappa shape index (κ3) is 6.74. The van der Waals surface area contributed by atoms with Crippen molar-refractivity contribution in [3.05, 3.63) is 0 Å². The quantitative estimate of drug-likeness (QED) is 0.382. The van der Waals surface area contributed by atoms with Crippen LogP contribution in [-0.2, 0) is 19.1 Å². The molecule has 0 aromatic heterocycles. The molecule has 0 unspecified atom stereocenters. The largest absolute Gasteiger partial charge is 0.461 e. The number of carbonyl (C=O) groups excluding carboxylic acids is 3. The summed E-state index contributed by atoms with van der Waals surface area (Å²) in [4.78, 5) is 35.0. The molecule has 0 bridgehead atoms. The van der Waals surface area contributed by atoms with Crippen LogP contribution >= 0.6 is 0 Å². The molecular formula is C16H27NO4. The molecule has 0 spiro atoms. The van der Waals surface area contributed by atoms with Gasteiger partial charge >= 0.3 is 5.97 Å². The minimum absolute atomic E-state index is 0.0603. The molecule has 1 heterocycles. The Morgan fingerprint density at radius 3 is 2.57 bits per heavy atom. The van der Waals surface area contributed by atoms with Crippen LogP contribution in [0.1, 0.15) is 71.6 Å². The molecule has 2 atom stereocenters. The van der Waals surface area contributed by atoms with E-state index in [-0.39, 0.29) is 30.2 Å². The lowest BCUT2D eigenvalue weighted by Gasteiger charge is -2.08. The van der Waals surface area contributed by atoms with Gasteiger partial charge in [-0.15, -0.1) is 0 Å². The predicted octanol–water partition coefficient (Wildman–Crippen LogP) is 2.52. The standard InChI is InChI=1S/C16H27NO4/c1-3-5-7-8-12(18)10-15(19)17-14-11-13(9-6-4-2)21-16(14)20/h13-14H,3-11H2,1-2H3,(H,17,19)/t13-,14-/m1/s1. The molecule has 0 aliphatic carbocycles. The van der Waals surface area contributed by atoms with Gasteiger partial charge in [-0.3, -0.25) is 9.59 Å². The number of esters is 1. The van der Waals surface area contributed by atoms with Gasteiger partial charge in [0.05, 0.1) is 6.42 Å². The summed E-state index contributed by atoms with van der Waals surface area (Å²) in [7, 11) is 0. The number of amides is 1. The Bertz CT molecular complexity index is 367. The van der Waals surface area contributed by atoms with Gasteiger partial charge < -0.3 is 10.1 Å². The molecule has 1 fully saturated rings. The first-order valence-corrected chi connectivity index (χ1v) is 8.08. The number of nitrogens with one attached hydrogen (secondary N) is 1. The molecule has 1 saturated heterocycles. The smallest absolute Gasteiger partial charge is 0.329 e. The van der Waals surface area contributed by atoms with Crippen LogP contribution in [0.25, 0.3) is 0 Å². The summed E-state index contributed by atoms with van der Waals surface area (Å²) in [5.74, 6) is -0.799. The SMILES string of the molecule is CCCCCC(=O)CC(=O)N[C@@H]1C[C@@H](CCCC)OC1=O. The van der Waals surface area contributed by atoms with E-state index in [2.05, 4.69) is 19.2 Å². The number of hydrogen-bond donors (Lipinski definition) is 1. The van der Waals surface area contributed by atoms with Gasteiger partial charge in [-0.2, -0.15) is 0 Å². The Morgan fingerprint density at radius 1 is 1.19 bits per heavy atom. The average molecular weight is 297 g/mol. The Hall–Kier alpha value is -1.39. The fourth-order valence-electron chi connectivity index (χ4n) is 2.47. The monoisotopic (exact) mass is 297 g/mol. The second-order valence-electron chi connectivity index (χ2n) is 5.73. The minimum atomic E-state index is -0.581. The normalized spacial score (nSPS) is 21.1. The number of ether oxygens (including phenoxy) is 1. The van der Waals surface area contributed by atoms with Crippen molar-refractivity contribution >= 4 is 17.7 Å². The third-order valence-corrected chi connectivity index (χ3v) is 3.70. The topological polar surface area (TPSA) is 72.5 Å². The van der Waals surface area contributed by atoms with Crippen LogP contribution in [0, 0.1) is 0 Å². The van der Waals surface area contributed by atoms with Gasteiger partial charge in [0.15, 0.2) is 0 Å². The van der Waals surface area contributed by atoms with E-state index in [1.54, 1.807) is 0 Å². The molecule has 5 heteroatoms. The van der Waals surface area contributed by atoms with Crippen LogP contribution < -0.4 is 5.32 Å². The third-order valence-electron chi connectivity index (χ3n) is 3.70. The Balaban J connectivity index is 2.27. The first kappa shape index (κ1) is 17.7. The van der Waals surface area contributed by atoms with E-state index in [9.17, 15) is 14.4 Å². The zero-order chi connectivity index (χ0) is 15.7. The van der Waals surface area contributed by atoms with E-state index in [0.717, 1.165) is 38.5 Å². The molecule has 5 nitrogen and oxygen atoms in total. The lowest BCUT2D eigenvalue weighted by atomic mass is 10.1. The predicted molar refractivity (Wildman–Crippen MR) is 79.7 cm³/mol. The Labute approximate surface area is 126 Å². The van der Waals surface area contributed by atoms with E-state index in [0.29, 0.717) is 12.8 Å². The summed E-state index contributed by atoms with van der Waals surface area (Å²) in [5, 5.41) is 2.62. The van der Waals surface area contributed by atoms with Crippen molar-refractivity contribution in [1.29, 1.82) is 0 Å². The second kappa shape index (κ2) is 9.53. The molecule has 120 valence electrons. The van der Waals surface area contributed by atoms with E-state index >= 15 is 0 Å². The highest BCUT2D eigenvalue weighted by atomic mass is 16.6. The van der Waals surface area contributed by atoms with Crippen LogP contribution in [0.2, 0.25) is 0 Å². The van der Waals surface area contributed by atoms with Crippen LogP contribution in [0.4, 0.5) is 0 Å². The van der Waals surface area contributed by atoms with Crippen molar-refractivity contribution in [3.63, 3.8) is 0 Å². The van der Waals surface area contributed by atoms with Crippen molar-refractivity contribution in [2.45, 2.75) is 83.8 Å². The van der Waals surface area contributed by atoms with Gasteiger partial charge in [0, 0.05) is 12.8 Å². The van der Waals surface area contributed by atoms with Crippen molar-refractivity contribution in [2.75, 3.05) is 0 Å². The van der Waals surface area contributed by atoms with E-state index in [1.807, 2.05) is 0 Å². The van der Waals surface area contributed by atoms with E-state index < -0.39 is 6.04 Å². The maximum Gasteiger partial charge on any atom is 0.329 e. The number of cyclic esters (lactones) is 1. The van der Waals surface area contributed by atoms with Gasteiger partial charge in [-0.05, 0) is 12.8 Å². The number of hydrogen-bond acceptors (Lipinski definition) is 4. The Morgan fingerprint density at radius 2 is 1.90 bits per heavy atom. The summed E-state index contributed by atoms with van der Waals surface area (Å²) in [6.07, 6.45) is 6.51. The summed E-state index contributed by atoms with van der Waals surface area (Å²) in [5.41, 5.74) is 0. The lowest BCUT2D eigenvalue weighted by molar-refractivity contribution is -0.144. The summed E-state index contributed by atoms with van der Waals surface area (Å²) in [6, 6.07) is -0.581. The molecule has 0 aromatic carbocycles. The van der Waals surface area contributed by atoms with Crippen molar-refractivity contribution in [2.24, 2.45) is 0 Å². The molecule has 1 amide bonds. The molecular weight excluding hydrogens is 270 g/mol. The average Bonchev–Trinajstić information content (AvgIpc) is 2.77. The van der Waals surface area contributed by atoms with Crippen LogP contribution in [0.15, 0.2) is 0 Å². The van der Waals surface area contributed by atoms with Gasteiger partial charge in [0.2, 0.25) is 5.91 Å². The summed E-state index contributed by atoms with van der Waals surface area (Å²) in [6.45, 7) is 4.15. The van der Waals surface area contributed by atoms with Gasteiger partial charge in [-0.25, -0.2) is 4.79 Å². The number of unbranched alkanes of at least 4 members (excludes halogenated alkanes) is 3. The molecule has 0 aromatic rings. The molecule has 1 N–H and O–H groups in total. The highest BCUT2D eigenvalue weighted by Gasteiger charge is 2.35. The van der Waals surface area contributed by atoms with Crippen molar-refractivity contribution < 1.29 is 19.1 Å². The van der Waals surface area contributed by atoms with Gasteiger partial charge in [0.25, 0.3) is 0 Å². The number of Topliss-reactive ketones (excluding diaryl/α,β-unsaturated/α-hetero) is 1. The van der Waals surface area contributed by atoms with Crippen molar-refractivity contribution in [1.82, 2.24) is 5.32 Å². The maximum atomic E-state index is 11.8. The second-order valence-corrected chi connectivity index (χ2v) is 5.73. The molecule has 0 saturated carbocycles. The zero-order valence-electron chi connectivity index (χ0n) is 13.2. The molecule has 21 heavy (non-hydrogen) atoms. The van der Waals surface area contributed by atoms with Gasteiger partial charge in [0.1, 0.15) is 17.9 Å². The van der Waals surface area contributed by atoms with Crippen molar-refractivity contribution in [3.8, 4) is 0 Å². The number of rotatable bonds is 10. The summed E-state index contributed by atoms with van der Waals surface area (Å²) >= 11 is 0. The maximum absolute atomic E-state index is 11.8. The molecule has 1 rings (SSSR count).